The van der Waals surface area contributed by atoms with Crippen molar-refractivity contribution in [2.45, 2.75) is 27.7 Å². The molecule has 0 fully saturated rings. The summed E-state index contributed by atoms with van der Waals surface area (Å²) in [5.41, 5.74) is 2.02. The van der Waals surface area contributed by atoms with Crippen molar-refractivity contribution in [1.82, 2.24) is 5.32 Å². The first-order chi connectivity index (χ1) is 5.09. The van der Waals surface area contributed by atoms with Crippen LogP contribution in [0.5, 0.6) is 0 Å². The Labute approximate surface area is 71.2 Å². The molecule has 0 aromatic rings. The number of hydrogen-bond acceptors (Lipinski definition) is 1. The summed E-state index contributed by atoms with van der Waals surface area (Å²) >= 11 is 0. The largest absolute Gasteiger partial charge is 0.388 e. The summed E-state index contributed by atoms with van der Waals surface area (Å²) in [6, 6.07) is 0. The van der Waals surface area contributed by atoms with Crippen LogP contribution in [0.2, 0.25) is 0 Å². The van der Waals surface area contributed by atoms with Crippen LogP contribution in [0, 0.1) is 5.92 Å². The maximum Gasteiger partial charge on any atom is 0.0293 e. The molecule has 0 bridgehead atoms. The van der Waals surface area contributed by atoms with E-state index in [9.17, 15) is 0 Å². The normalized spacial score (nSPS) is 8.18. The van der Waals surface area contributed by atoms with E-state index in [0.29, 0.717) is 5.92 Å². The molecule has 1 N–H and O–H groups in total. The van der Waals surface area contributed by atoms with Crippen molar-refractivity contribution in [3.05, 3.63) is 24.4 Å². The highest BCUT2D eigenvalue weighted by Crippen LogP contribution is 2.11. The van der Waals surface area contributed by atoms with Gasteiger partial charge in [-0.25, -0.2) is 0 Å². The summed E-state index contributed by atoms with van der Waals surface area (Å²) in [5.74, 6) is 0.491. The highest BCUT2D eigenvalue weighted by molar-refractivity contribution is 5.24. The minimum atomic E-state index is 0.491. The van der Waals surface area contributed by atoms with Crippen LogP contribution in [-0.2, 0) is 0 Å². The van der Waals surface area contributed by atoms with Crippen molar-refractivity contribution in [3.63, 3.8) is 0 Å². The van der Waals surface area contributed by atoms with E-state index >= 15 is 0 Å². The molecule has 0 aromatic carbocycles. The maximum absolute atomic E-state index is 3.86. The molecule has 0 aromatic heterocycles. The zero-order chi connectivity index (χ0) is 9.44. The van der Waals surface area contributed by atoms with Crippen LogP contribution in [0.25, 0.3) is 0 Å². The highest BCUT2D eigenvalue weighted by atomic mass is 14.8. The zero-order valence-corrected chi connectivity index (χ0v) is 8.49. The molecule has 0 atom stereocenters. The van der Waals surface area contributed by atoms with E-state index < -0.39 is 0 Å². The van der Waals surface area contributed by atoms with Crippen LogP contribution in [0.3, 0.4) is 0 Å². The summed E-state index contributed by atoms with van der Waals surface area (Å²) < 4.78 is 0. The van der Waals surface area contributed by atoms with Gasteiger partial charge in [-0.15, -0.1) is 0 Å². The fourth-order valence-electron chi connectivity index (χ4n) is 0.509. The first kappa shape index (κ1) is 12.9. The molecule has 1 heteroatoms. The molecule has 0 saturated heterocycles. The van der Waals surface area contributed by atoms with Gasteiger partial charge in [0.05, 0.1) is 0 Å². The number of nitrogens with one attached hydrogen (secondary N) is 1. The molecule has 0 aliphatic carbocycles. The van der Waals surface area contributed by atoms with E-state index in [1.807, 2.05) is 20.9 Å². The number of hydrogen-bond donors (Lipinski definition) is 1. The van der Waals surface area contributed by atoms with Crippen molar-refractivity contribution >= 4 is 0 Å². The molecule has 0 aliphatic heterocycles. The molecule has 66 valence electrons. The van der Waals surface area contributed by atoms with Gasteiger partial charge in [0, 0.05) is 12.7 Å². The van der Waals surface area contributed by atoms with Crippen LogP contribution in [-0.4, -0.2) is 7.05 Å². The molecule has 1 nitrogen and oxygen atoms in total. The lowest BCUT2D eigenvalue weighted by Gasteiger charge is -2.10. The van der Waals surface area contributed by atoms with Gasteiger partial charge in [-0.2, -0.15) is 0 Å². The molecule has 0 aliphatic rings. The Kier molecular flexibility index (Phi) is 8.67. The van der Waals surface area contributed by atoms with Crippen LogP contribution < -0.4 is 5.32 Å². The Bertz CT molecular complexity index is 123. The van der Waals surface area contributed by atoms with E-state index in [1.165, 1.54) is 0 Å². The molecular formula is C10H21N. The predicted molar refractivity (Wildman–Crippen MR) is 53.5 cm³/mol. The fraction of sp³-hybridized carbons (Fsp3) is 0.600. The topological polar surface area (TPSA) is 12.0 Å². The summed E-state index contributed by atoms with van der Waals surface area (Å²) in [7, 11) is 1.86. The van der Waals surface area contributed by atoms with Gasteiger partial charge in [0.1, 0.15) is 0 Å². The van der Waals surface area contributed by atoms with Crippen LogP contribution in [0.1, 0.15) is 27.7 Å². The summed E-state index contributed by atoms with van der Waals surface area (Å²) in [5, 5.41) is 2.95. The van der Waals surface area contributed by atoms with Crippen molar-refractivity contribution in [2.75, 3.05) is 7.05 Å². The number of rotatable bonds is 3. The lowest BCUT2D eigenvalue weighted by atomic mass is 10.0. The molecule has 0 amide bonds. The Hall–Kier alpha value is -0.720. The monoisotopic (exact) mass is 155 g/mol. The van der Waals surface area contributed by atoms with E-state index in [1.54, 1.807) is 0 Å². The van der Waals surface area contributed by atoms with Gasteiger partial charge in [0.2, 0.25) is 0 Å². The molecule has 0 radical (unpaired) electrons. The predicted octanol–water partition coefficient (Wildman–Crippen LogP) is 2.96. The Balaban J connectivity index is 0. The molecular weight excluding hydrogens is 134 g/mol. The van der Waals surface area contributed by atoms with E-state index in [2.05, 4.69) is 32.3 Å². The van der Waals surface area contributed by atoms with Gasteiger partial charge in [-0.1, -0.05) is 40.9 Å². The lowest BCUT2D eigenvalue weighted by Crippen LogP contribution is -2.09. The van der Waals surface area contributed by atoms with Crippen molar-refractivity contribution in [3.8, 4) is 0 Å². The second-order valence-electron chi connectivity index (χ2n) is 2.41. The summed E-state index contributed by atoms with van der Waals surface area (Å²) in [6.45, 7) is 15.9. The quantitative estimate of drug-likeness (QED) is 0.618. The Morgan fingerprint density at radius 2 is 1.55 bits per heavy atom. The third-order valence-corrected chi connectivity index (χ3v) is 1.39. The summed E-state index contributed by atoms with van der Waals surface area (Å²) in [4.78, 5) is 0. The van der Waals surface area contributed by atoms with Gasteiger partial charge in [-0.05, 0) is 11.5 Å². The molecule has 0 unspecified atom stereocenters. The average molecular weight is 155 g/mol. The first-order valence-electron chi connectivity index (χ1n) is 4.15. The third kappa shape index (κ3) is 5.71. The first-order valence-corrected chi connectivity index (χ1v) is 4.15. The van der Waals surface area contributed by atoms with E-state index in [0.717, 1.165) is 11.3 Å². The lowest BCUT2D eigenvalue weighted by molar-refractivity contribution is 0.760. The summed E-state index contributed by atoms with van der Waals surface area (Å²) in [6.07, 6.45) is 0. The van der Waals surface area contributed by atoms with Crippen LogP contribution in [0.4, 0.5) is 0 Å². The fourth-order valence-corrected chi connectivity index (χ4v) is 0.509. The highest BCUT2D eigenvalue weighted by Gasteiger charge is 2.00. The SMILES string of the molecule is C=C(NC)C(=C)C(C)C.CC. The van der Waals surface area contributed by atoms with Crippen molar-refractivity contribution < 1.29 is 0 Å². The molecule has 0 spiro atoms. The number of likely N-dealkylation sites (N-methyl/N-ethyl adjacent to an activating group) is 1. The number of allylic oxidation sites excluding steroid dienone is 1. The smallest absolute Gasteiger partial charge is 0.0293 e. The standard InChI is InChI=1S/C8H15N.C2H6/c1-6(2)7(3)8(4)9-5;1-2/h6,9H,3-4H2,1-2,5H3;1-2H3. The van der Waals surface area contributed by atoms with Gasteiger partial charge in [-0.3, -0.25) is 0 Å². The zero-order valence-electron chi connectivity index (χ0n) is 8.49. The molecule has 0 heterocycles. The van der Waals surface area contributed by atoms with Crippen LogP contribution in [0.15, 0.2) is 24.4 Å². The molecule has 11 heavy (non-hydrogen) atoms. The average Bonchev–Trinajstić information content (AvgIpc) is 2.05. The van der Waals surface area contributed by atoms with Gasteiger partial charge >= 0.3 is 0 Å². The van der Waals surface area contributed by atoms with Gasteiger partial charge in [0.25, 0.3) is 0 Å². The minimum Gasteiger partial charge on any atom is -0.388 e. The molecule has 0 saturated carbocycles. The third-order valence-electron chi connectivity index (χ3n) is 1.39. The van der Waals surface area contributed by atoms with Crippen molar-refractivity contribution in [1.29, 1.82) is 0 Å². The van der Waals surface area contributed by atoms with E-state index in [-0.39, 0.29) is 0 Å². The van der Waals surface area contributed by atoms with Gasteiger partial charge < -0.3 is 5.32 Å². The van der Waals surface area contributed by atoms with Crippen LogP contribution >= 0.6 is 0 Å². The maximum atomic E-state index is 3.86. The van der Waals surface area contributed by atoms with E-state index in [4.69, 9.17) is 0 Å². The molecule has 0 rings (SSSR count). The Morgan fingerprint density at radius 1 is 1.18 bits per heavy atom. The second kappa shape index (κ2) is 7.39. The second-order valence-corrected chi connectivity index (χ2v) is 2.41. The van der Waals surface area contributed by atoms with Crippen molar-refractivity contribution in [2.24, 2.45) is 5.92 Å². The Morgan fingerprint density at radius 3 is 1.64 bits per heavy atom. The van der Waals surface area contributed by atoms with Gasteiger partial charge in [0.15, 0.2) is 0 Å². The minimum absolute atomic E-state index is 0.491.